The summed E-state index contributed by atoms with van der Waals surface area (Å²) < 4.78 is 18.0. The zero-order valence-corrected chi connectivity index (χ0v) is 16.5. The Morgan fingerprint density at radius 2 is 2.00 bits per heavy atom. The van der Waals surface area contributed by atoms with Crippen molar-refractivity contribution in [1.29, 1.82) is 0 Å². The number of hydrogen-bond donors (Lipinski definition) is 0. The van der Waals surface area contributed by atoms with Gasteiger partial charge in [-0.25, -0.2) is 4.79 Å². The molecule has 3 rings (SSSR count). The van der Waals surface area contributed by atoms with Crippen LogP contribution in [0.4, 0.5) is 0 Å². The monoisotopic (exact) mass is 383 g/mol. The SMILES string of the molecule is COCCCn1c(C)cc(C(=O)COC(=O)C2=Cc3ccccc3OC2)c1C. The van der Waals surface area contributed by atoms with E-state index >= 15 is 0 Å². The number of carbonyl (C=O) groups is 2. The van der Waals surface area contributed by atoms with Gasteiger partial charge in [-0.15, -0.1) is 0 Å². The Morgan fingerprint density at radius 3 is 2.79 bits per heavy atom. The number of ketones is 1. The van der Waals surface area contributed by atoms with Gasteiger partial charge in [-0.2, -0.15) is 0 Å². The van der Waals surface area contributed by atoms with Crippen LogP contribution in [0.1, 0.15) is 33.7 Å². The van der Waals surface area contributed by atoms with E-state index in [0.29, 0.717) is 17.7 Å². The van der Waals surface area contributed by atoms with Crippen molar-refractivity contribution >= 4 is 17.8 Å². The van der Waals surface area contributed by atoms with Crippen molar-refractivity contribution in [3.8, 4) is 5.75 Å². The Morgan fingerprint density at radius 1 is 1.21 bits per heavy atom. The van der Waals surface area contributed by atoms with Crippen molar-refractivity contribution in [1.82, 2.24) is 4.57 Å². The first kappa shape index (κ1) is 19.9. The number of methoxy groups -OCH3 is 1. The Balaban J connectivity index is 1.62. The summed E-state index contributed by atoms with van der Waals surface area (Å²) in [5, 5.41) is 0. The minimum atomic E-state index is -0.531. The van der Waals surface area contributed by atoms with Gasteiger partial charge in [0.2, 0.25) is 5.78 Å². The first-order valence-corrected chi connectivity index (χ1v) is 9.29. The molecule has 0 unspecified atom stereocenters. The van der Waals surface area contributed by atoms with Crippen LogP contribution in [0.15, 0.2) is 35.9 Å². The Hall–Kier alpha value is -2.86. The highest BCUT2D eigenvalue weighted by atomic mass is 16.5. The molecule has 0 N–H and O–H groups in total. The van der Waals surface area contributed by atoms with Gasteiger partial charge in [0.05, 0.1) is 5.57 Å². The molecule has 0 aliphatic carbocycles. The van der Waals surface area contributed by atoms with Crippen LogP contribution in [0.25, 0.3) is 6.08 Å². The maximum atomic E-state index is 12.6. The number of carbonyl (C=O) groups excluding carboxylic acids is 2. The summed E-state index contributed by atoms with van der Waals surface area (Å²) in [5.74, 6) is -0.00929. The Kier molecular flexibility index (Phi) is 6.31. The molecule has 1 aliphatic rings. The average molecular weight is 383 g/mol. The lowest BCUT2D eigenvalue weighted by molar-refractivity contribution is -0.138. The molecule has 148 valence electrons. The van der Waals surface area contributed by atoms with Crippen LogP contribution in [-0.2, 0) is 20.8 Å². The number of hydrogen-bond acceptors (Lipinski definition) is 5. The first-order valence-electron chi connectivity index (χ1n) is 9.29. The minimum Gasteiger partial charge on any atom is -0.488 e. The van der Waals surface area contributed by atoms with E-state index in [0.717, 1.165) is 35.7 Å². The molecule has 0 bridgehead atoms. The van der Waals surface area contributed by atoms with Crippen molar-refractivity contribution < 1.29 is 23.8 Å². The van der Waals surface area contributed by atoms with Crippen molar-refractivity contribution in [3.63, 3.8) is 0 Å². The fraction of sp³-hybridized carbons (Fsp3) is 0.364. The van der Waals surface area contributed by atoms with E-state index in [2.05, 4.69) is 4.57 Å². The van der Waals surface area contributed by atoms with E-state index in [1.54, 1.807) is 13.2 Å². The van der Waals surface area contributed by atoms with E-state index in [9.17, 15) is 9.59 Å². The highest BCUT2D eigenvalue weighted by Gasteiger charge is 2.21. The van der Waals surface area contributed by atoms with Crippen LogP contribution < -0.4 is 4.74 Å². The second-order valence-electron chi connectivity index (χ2n) is 6.78. The van der Waals surface area contributed by atoms with Crippen LogP contribution in [-0.4, -0.2) is 43.3 Å². The van der Waals surface area contributed by atoms with Crippen molar-refractivity contribution in [3.05, 3.63) is 58.4 Å². The predicted octanol–water partition coefficient (Wildman–Crippen LogP) is 3.34. The van der Waals surface area contributed by atoms with Crippen molar-refractivity contribution in [2.24, 2.45) is 0 Å². The third-order valence-corrected chi connectivity index (χ3v) is 4.83. The number of benzene rings is 1. The van der Waals surface area contributed by atoms with E-state index in [-0.39, 0.29) is 19.0 Å². The molecule has 2 heterocycles. The molecule has 6 nitrogen and oxygen atoms in total. The number of fused-ring (bicyclic) bond motifs is 1. The molecule has 0 amide bonds. The van der Waals surface area contributed by atoms with Crippen LogP contribution >= 0.6 is 0 Å². The molecular weight excluding hydrogens is 358 g/mol. The molecule has 6 heteroatoms. The van der Waals surface area contributed by atoms with Gasteiger partial charge >= 0.3 is 5.97 Å². The van der Waals surface area contributed by atoms with Gasteiger partial charge in [-0.1, -0.05) is 18.2 Å². The summed E-state index contributed by atoms with van der Waals surface area (Å²) in [4.78, 5) is 24.9. The fourth-order valence-corrected chi connectivity index (χ4v) is 3.33. The van der Waals surface area contributed by atoms with Gasteiger partial charge < -0.3 is 18.8 Å². The quantitative estimate of drug-likeness (QED) is 0.397. The van der Waals surface area contributed by atoms with Crippen LogP contribution in [0, 0.1) is 13.8 Å². The number of rotatable bonds is 8. The molecule has 1 aromatic heterocycles. The number of aromatic nitrogens is 1. The van der Waals surface area contributed by atoms with Crippen molar-refractivity contribution in [2.45, 2.75) is 26.8 Å². The summed E-state index contributed by atoms with van der Waals surface area (Å²) in [5.41, 5.74) is 3.69. The van der Waals surface area contributed by atoms with E-state index < -0.39 is 5.97 Å². The summed E-state index contributed by atoms with van der Waals surface area (Å²) in [7, 11) is 1.67. The van der Waals surface area contributed by atoms with Crippen LogP contribution in [0.5, 0.6) is 5.75 Å². The maximum Gasteiger partial charge on any atom is 0.337 e. The second-order valence-corrected chi connectivity index (χ2v) is 6.78. The molecule has 1 aromatic carbocycles. The number of nitrogens with zero attached hydrogens (tertiary/aromatic N) is 1. The Bertz CT molecular complexity index is 910. The standard InChI is InChI=1S/C22H25NO5/c1-15-11-19(16(2)23(15)9-6-10-26-3)20(24)14-28-22(25)18-12-17-7-4-5-8-21(17)27-13-18/h4-5,7-8,11-12H,6,9-10,13-14H2,1-3H3. The highest BCUT2D eigenvalue weighted by Crippen LogP contribution is 2.26. The molecule has 2 aromatic rings. The lowest BCUT2D eigenvalue weighted by atomic mass is 10.1. The number of para-hydroxylation sites is 1. The molecular formula is C22H25NO5. The van der Waals surface area contributed by atoms with Gasteiger partial charge in [-0.3, -0.25) is 4.79 Å². The van der Waals surface area contributed by atoms with Gasteiger partial charge in [0.25, 0.3) is 0 Å². The molecule has 0 radical (unpaired) electrons. The Labute approximate surface area is 164 Å². The molecule has 0 saturated carbocycles. The molecule has 0 atom stereocenters. The summed E-state index contributed by atoms with van der Waals surface area (Å²) >= 11 is 0. The zero-order chi connectivity index (χ0) is 20.1. The molecule has 0 saturated heterocycles. The fourth-order valence-electron chi connectivity index (χ4n) is 3.33. The predicted molar refractivity (Wildman–Crippen MR) is 106 cm³/mol. The summed E-state index contributed by atoms with van der Waals surface area (Å²) in [6.07, 6.45) is 2.61. The van der Waals surface area contributed by atoms with Crippen LogP contribution in [0.3, 0.4) is 0 Å². The first-order chi connectivity index (χ1) is 13.5. The van der Waals surface area contributed by atoms with Crippen molar-refractivity contribution in [2.75, 3.05) is 26.9 Å². The third kappa shape index (κ3) is 4.34. The van der Waals surface area contributed by atoms with Gasteiger partial charge in [0.15, 0.2) is 6.61 Å². The number of esters is 1. The van der Waals surface area contributed by atoms with Gasteiger partial charge in [0.1, 0.15) is 12.4 Å². The third-order valence-electron chi connectivity index (χ3n) is 4.83. The molecule has 28 heavy (non-hydrogen) atoms. The molecule has 0 fully saturated rings. The van der Waals surface area contributed by atoms with Crippen LogP contribution in [0.2, 0.25) is 0 Å². The minimum absolute atomic E-state index is 0.137. The largest absolute Gasteiger partial charge is 0.488 e. The number of aryl methyl sites for hydroxylation is 1. The number of Topliss-reactive ketones (excluding diaryl/α,β-unsaturated/α-hetero) is 1. The second kappa shape index (κ2) is 8.89. The molecule has 1 aliphatic heterocycles. The van der Waals surface area contributed by atoms with Gasteiger partial charge in [-0.05, 0) is 38.5 Å². The lowest BCUT2D eigenvalue weighted by Crippen LogP contribution is -2.20. The lowest BCUT2D eigenvalue weighted by Gasteiger charge is -2.16. The highest BCUT2D eigenvalue weighted by molar-refractivity contribution is 6.01. The zero-order valence-electron chi connectivity index (χ0n) is 16.5. The summed E-state index contributed by atoms with van der Waals surface area (Å²) in [6, 6.07) is 9.31. The van der Waals surface area contributed by atoms with E-state index in [1.807, 2.05) is 44.2 Å². The average Bonchev–Trinajstić information content (AvgIpc) is 3.00. The maximum absolute atomic E-state index is 12.6. The van der Waals surface area contributed by atoms with E-state index in [4.69, 9.17) is 14.2 Å². The summed E-state index contributed by atoms with van der Waals surface area (Å²) in [6.45, 7) is 5.16. The number of ether oxygens (including phenoxy) is 3. The normalized spacial score (nSPS) is 12.8. The molecule has 0 spiro atoms. The van der Waals surface area contributed by atoms with Gasteiger partial charge in [0, 0.05) is 42.8 Å². The smallest absolute Gasteiger partial charge is 0.337 e. The topological polar surface area (TPSA) is 66.8 Å². The van der Waals surface area contributed by atoms with E-state index in [1.165, 1.54) is 0 Å².